The van der Waals surface area contributed by atoms with Gasteiger partial charge in [0.1, 0.15) is 6.61 Å². The summed E-state index contributed by atoms with van der Waals surface area (Å²) >= 11 is 1.54. The quantitative estimate of drug-likeness (QED) is 0.499. The van der Waals surface area contributed by atoms with Gasteiger partial charge in [-0.05, 0) is 37.0 Å². The molecule has 0 aliphatic carbocycles. The van der Waals surface area contributed by atoms with Gasteiger partial charge in [0.15, 0.2) is 17.4 Å². The van der Waals surface area contributed by atoms with E-state index in [0.717, 1.165) is 61.0 Å². The van der Waals surface area contributed by atoms with Gasteiger partial charge in [-0.25, -0.2) is 23.7 Å². The van der Waals surface area contributed by atoms with Crippen molar-refractivity contribution < 1.29 is 17.7 Å². The SMILES string of the molecule is CCc1cnc(N2CCC(c3nc(COc4c(F)cc(S(C)=O)cc4F)cs3)CC2)nc1. The molecule has 0 amide bonds. The lowest BCUT2D eigenvalue weighted by molar-refractivity contribution is 0.269. The van der Waals surface area contributed by atoms with Gasteiger partial charge in [0.2, 0.25) is 5.95 Å². The van der Waals surface area contributed by atoms with Crippen LogP contribution in [0.4, 0.5) is 14.7 Å². The molecule has 10 heteroatoms. The molecule has 1 saturated heterocycles. The van der Waals surface area contributed by atoms with Gasteiger partial charge in [-0.2, -0.15) is 0 Å². The van der Waals surface area contributed by atoms with Gasteiger partial charge in [0.25, 0.3) is 0 Å². The maximum atomic E-state index is 14.2. The number of halogens is 2. The zero-order valence-electron chi connectivity index (χ0n) is 17.9. The first-order chi connectivity index (χ1) is 15.4. The summed E-state index contributed by atoms with van der Waals surface area (Å²) in [5, 5.41) is 2.86. The Morgan fingerprint density at radius 1 is 1.19 bits per heavy atom. The molecule has 0 radical (unpaired) electrons. The molecule has 0 saturated carbocycles. The molecule has 1 aliphatic rings. The molecule has 1 aromatic carbocycles. The Morgan fingerprint density at radius 2 is 1.84 bits per heavy atom. The van der Waals surface area contributed by atoms with Crippen LogP contribution in [0, 0.1) is 11.6 Å². The van der Waals surface area contributed by atoms with Crippen LogP contribution in [0.5, 0.6) is 5.75 Å². The molecule has 4 rings (SSSR count). The van der Waals surface area contributed by atoms with Crippen LogP contribution in [-0.4, -0.2) is 38.5 Å². The maximum absolute atomic E-state index is 14.2. The van der Waals surface area contributed by atoms with E-state index in [4.69, 9.17) is 4.74 Å². The highest BCUT2D eigenvalue weighted by molar-refractivity contribution is 7.84. The van der Waals surface area contributed by atoms with Gasteiger partial charge < -0.3 is 9.64 Å². The Morgan fingerprint density at radius 3 is 2.44 bits per heavy atom. The molecule has 3 aromatic rings. The minimum absolute atomic E-state index is 0.0324. The summed E-state index contributed by atoms with van der Waals surface area (Å²) in [6.07, 6.45) is 7.91. The van der Waals surface area contributed by atoms with Gasteiger partial charge in [-0.15, -0.1) is 11.3 Å². The van der Waals surface area contributed by atoms with Crippen LogP contribution in [0.1, 0.15) is 41.9 Å². The first-order valence-electron chi connectivity index (χ1n) is 10.4. The molecule has 1 aliphatic heterocycles. The number of rotatable bonds is 7. The highest BCUT2D eigenvalue weighted by atomic mass is 32.2. The average molecular weight is 479 g/mol. The summed E-state index contributed by atoms with van der Waals surface area (Å²) in [5.74, 6) is -1.13. The molecular weight excluding hydrogens is 454 g/mol. The molecule has 1 atom stereocenters. The lowest BCUT2D eigenvalue weighted by Crippen LogP contribution is -2.34. The minimum atomic E-state index is -1.47. The number of nitrogens with zero attached hydrogens (tertiary/aromatic N) is 4. The Labute approximate surface area is 192 Å². The van der Waals surface area contributed by atoms with E-state index in [0.29, 0.717) is 11.6 Å². The summed E-state index contributed by atoms with van der Waals surface area (Å²) in [6.45, 7) is 3.75. The van der Waals surface area contributed by atoms with E-state index in [2.05, 4.69) is 26.8 Å². The van der Waals surface area contributed by atoms with Crippen molar-refractivity contribution in [3.63, 3.8) is 0 Å². The molecule has 32 heavy (non-hydrogen) atoms. The van der Waals surface area contributed by atoms with E-state index in [-0.39, 0.29) is 11.5 Å². The van der Waals surface area contributed by atoms with Crippen LogP contribution in [0.25, 0.3) is 0 Å². The number of hydrogen-bond donors (Lipinski definition) is 0. The van der Waals surface area contributed by atoms with E-state index in [1.54, 1.807) is 0 Å². The van der Waals surface area contributed by atoms with Crippen LogP contribution in [0.15, 0.2) is 34.8 Å². The van der Waals surface area contributed by atoms with Gasteiger partial charge in [0.05, 0.1) is 10.7 Å². The number of benzene rings is 1. The summed E-state index contributed by atoms with van der Waals surface area (Å²) in [4.78, 5) is 15.8. The number of aromatic nitrogens is 3. The van der Waals surface area contributed by atoms with Gasteiger partial charge in [-0.3, -0.25) is 4.21 Å². The van der Waals surface area contributed by atoms with Crippen molar-refractivity contribution in [2.75, 3.05) is 24.2 Å². The third kappa shape index (κ3) is 5.12. The van der Waals surface area contributed by atoms with Crippen molar-refractivity contribution in [2.45, 2.75) is 43.6 Å². The first kappa shape index (κ1) is 22.7. The van der Waals surface area contributed by atoms with E-state index in [1.807, 2.05) is 17.8 Å². The zero-order chi connectivity index (χ0) is 22.7. The van der Waals surface area contributed by atoms with Crippen molar-refractivity contribution in [2.24, 2.45) is 0 Å². The van der Waals surface area contributed by atoms with E-state index >= 15 is 0 Å². The second kappa shape index (κ2) is 9.99. The largest absolute Gasteiger partial charge is 0.481 e. The van der Waals surface area contributed by atoms with Crippen LogP contribution < -0.4 is 9.64 Å². The average Bonchev–Trinajstić information content (AvgIpc) is 3.27. The Bertz CT molecular complexity index is 1080. The fourth-order valence-corrected chi connectivity index (χ4v) is 5.10. The van der Waals surface area contributed by atoms with Gasteiger partial charge >= 0.3 is 0 Å². The minimum Gasteiger partial charge on any atom is -0.481 e. The Hall–Kier alpha value is -2.46. The van der Waals surface area contributed by atoms with Crippen LogP contribution in [-0.2, 0) is 23.8 Å². The summed E-state index contributed by atoms with van der Waals surface area (Å²) < 4.78 is 45.1. The third-order valence-corrected chi connectivity index (χ3v) is 7.42. The normalized spacial score (nSPS) is 15.7. The molecule has 6 nitrogen and oxygen atoms in total. The highest BCUT2D eigenvalue weighted by Crippen LogP contribution is 2.32. The first-order valence-corrected chi connectivity index (χ1v) is 12.8. The second-order valence-corrected chi connectivity index (χ2v) is 9.91. The number of aryl methyl sites for hydroxylation is 1. The molecular formula is C22H24F2N4O2S2. The number of piperidine rings is 1. The Balaban J connectivity index is 1.34. The van der Waals surface area contributed by atoms with Crippen molar-refractivity contribution >= 4 is 28.1 Å². The lowest BCUT2D eigenvalue weighted by Gasteiger charge is -2.31. The molecule has 1 unspecified atom stereocenters. The molecule has 1 fully saturated rings. The zero-order valence-corrected chi connectivity index (χ0v) is 19.5. The molecule has 0 spiro atoms. The molecule has 3 heterocycles. The molecule has 0 N–H and O–H groups in total. The maximum Gasteiger partial charge on any atom is 0.225 e. The lowest BCUT2D eigenvalue weighted by atomic mass is 9.98. The summed E-state index contributed by atoms with van der Waals surface area (Å²) in [5.41, 5.74) is 1.75. The third-order valence-electron chi connectivity index (χ3n) is 5.46. The van der Waals surface area contributed by atoms with Crippen LogP contribution in [0.2, 0.25) is 0 Å². The van der Waals surface area contributed by atoms with Crippen LogP contribution in [0.3, 0.4) is 0 Å². The van der Waals surface area contributed by atoms with Gasteiger partial charge in [-0.1, -0.05) is 6.92 Å². The van der Waals surface area contributed by atoms with Crippen molar-refractivity contribution in [1.82, 2.24) is 15.0 Å². The molecule has 0 bridgehead atoms. The molecule has 2 aromatic heterocycles. The standard InChI is InChI=1S/C22H24F2N4O2S2/c1-3-14-10-25-22(26-11-14)28-6-4-15(5-7-28)21-27-16(13-31-21)12-30-20-18(23)8-17(32(2)29)9-19(20)24/h8-11,13,15H,3-7,12H2,1-2H3. The van der Waals surface area contributed by atoms with Crippen molar-refractivity contribution in [3.05, 3.63) is 57.8 Å². The number of anilines is 1. The predicted molar refractivity (Wildman–Crippen MR) is 121 cm³/mol. The topological polar surface area (TPSA) is 68.2 Å². The number of thiazole rings is 1. The highest BCUT2D eigenvalue weighted by Gasteiger charge is 2.24. The van der Waals surface area contributed by atoms with Crippen LogP contribution >= 0.6 is 11.3 Å². The predicted octanol–water partition coefficient (Wildman–Crippen LogP) is 4.47. The summed E-state index contributed by atoms with van der Waals surface area (Å²) in [6, 6.07) is 2.07. The van der Waals surface area contributed by atoms with Gasteiger partial charge in [0, 0.05) is 58.7 Å². The van der Waals surface area contributed by atoms with E-state index < -0.39 is 28.2 Å². The smallest absolute Gasteiger partial charge is 0.225 e. The fraction of sp³-hybridized carbons (Fsp3) is 0.409. The Kier molecular flexibility index (Phi) is 7.10. The monoisotopic (exact) mass is 478 g/mol. The molecule has 170 valence electrons. The second-order valence-electron chi connectivity index (χ2n) is 7.64. The van der Waals surface area contributed by atoms with E-state index in [1.165, 1.54) is 17.6 Å². The summed E-state index contributed by atoms with van der Waals surface area (Å²) in [7, 11) is -1.47. The number of hydrogen-bond acceptors (Lipinski definition) is 7. The fourth-order valence-electron chi connectivity index (χ4n) is 3.58. The van der Waals surface area contributed by atoms with Crippen molar-refractivity contribution in [3.8, 4) is 5.75 Å². The van der Waals surface area contributed by atoms with Crippen molar-refractivity contribution in [1.29, 1.82) is 0 Å². The van der Waals surface area contributed by atoms with E-state index in [9.17, 15) is 13.0 Å². The number of ether oxygens (including phenoxy) is 1.